The number of guanidine groups is 2. The van der Waals surface area contributed by atoms with E-state index in [1.54, 1.807) is 25.2 Å². The van der Waals surface area contributed by atoms with E-state index in [2.05, 4.69) is 20.0 Å². The lowest BCUT2D eigenvalue weighted by Crippen LogP contribution is -2.32. The number of aromatic nitrogens is 2. The standard InChI is InChI=1S/C13H19N7.2C2H6/c1-20(2)13(15)19-12(14)17-7-5-9-8-18-11-10(9)4-3-6-16-11;2*1-2/h3-4,6,8H,5,7H2,1-2H3,(H,16,18)(H4,14,15,17,19);2*1-2H3. The predicted molar refractivity (Wildman–Crippen MR) is 104 cm³/mol. The molecule has 2 heterocycles. The van der Waals surface area contributed by atoms with Crippen LogP contribution in [-0.4, -0.2) is 47.4 Å². The fraction of sp³-hybridized carbons (Fsp3) is 0.471. The first-order valence-electron chi connectivity index (χ1n) is 8.30. The second-order valence-electron chi connectivity index (χ2n) is 4.57. The van der Waals surface area contributed by atoms with Crippen molar-refractivity contribution in [1.82, 2.24) is 14.9 Å². The third-order valence-corrected chi connectivity index (χ3v) is 2.88. The normalized spacial score (nSPS) is 11.2. The van der Waals surface area contributed by atoms with Gasteiger partial charge >= 0.3 is 0 Å². The van der Waals surface area contributed by atoms with Gasteiger partial charge in [-0.25, -0.2) is 4.98 Å². The summed E-state index contributed by atoms with van der Waals surface area (Å²) >= 11 is 0. The zero-order valence-corrected chi connectivity index (χ0v) is 15.7. The Balaban J connectivity index is 0.00000123. The molecule has 0 saturated carbocycles. The largest absolute Gasteiger partial charge is 0.369 e. The molecule has 0 aromatic carbocycles. The molecule has 0 amide bonds. The number of nitrogens with one attached hydrogen (secondary N) is 1. The van der Waals surface area contributed by atoms with E-state index in [4.69, 9.17) is 11.5 Å². The van der Waals surface area contributed by atoms with Crippen molar-refractivity contribution in [3.05, 3.63) is 30.1 Å². The fourth-order valence-corrected chi connectivity index (χ4v) is 1.76. The fourth-order valence-electron chi connectivity index (χ4n) is 1.76. The van der Waals surface area contributed by atoms with E-state index >= 15 is 0 Å². The van der Waals surface area contributed by atoms with Gasteiger partial charge in [-0.3, -0.25) is 4.99 Å². The smallest absolute Gasteiger partial charge is 0.218 e. The van der Waals surface area contributed by atoms with Crippen LogP contribution < -0.4 is 11.5 Å². The average molecular weight is 333 g/mol. The molecule has 0 atom stereocenters. The lowest BCUT2D eigenvalue weighted by molar-refractivity contribution is 0.615. The summed E-state index contributed by atoms with van der Waals surface area (Å²) in [6, 6.07) is 3.95. The Labute approximate surface area is 144 Å². The average Bonchev–Trinajstić information content (AvgIpc) is 3.02. The maximum atomic E-state index is 5.70. The summed E-state index contributed by atoms with van der Waals surface area (Å²) in [5.74, 6) is 0.525. The number of aromatic amines is 1. The van der Waals surface area contributed by atoms with Gasteiger partial charge in [0.15, 0.2) is 5.96 Å². The van der Waals surface area contributed by atoms with Gasteiger partial charge in [-0.15, -0.1) is 0 Å². The van der Waals surface area contributed by atoms with Gasteiger partial charge in [-0.2, -0.15) is 4.99 Å². The highest BCUT2D eigenvalue weighted by molar-refractivity contribution is 5.93. The van der Waals surface area contributed by atoms with E-state index in [9.17, 15) is 0 Å². The van der Waals surface area contributed by atoms with Gasteiger partial charge < -0.3 is 21.4 Å². The van der Waals surface area contributed by atoms with Crippen LogP contribution in [-0.2, 0) is 6.42 Å². The van der Waals surface area contributed by atoms with Crippen molar-refractivity contribution in [3.63, 3.8) is 0 Å². The maximum absolute atomic E-state index is 5.70. The maximum Gasteiger partial charge on any atom is 0.218 e. The Morgan fingerprint density at radius 2 is 1.88 bits per heavy atom. The lowest BCUT2D eigenvalue weighted by atomic mass is 10.1. The van der Waals surface area contributed by atoms with Crippen LogP contribution in [0.1, 0.15) is 33.3 Å². The van der Waals surface area contributed by atoms with Crippen molar-refractivity contribution in [2.24, 2.45) is 21.5 Å². The molecule has 0 spiro atoms. The number of aliphatic imine (C=N–C) groups is 2. The zero-order chi connectivity index (χ0) is 18.5. The van der Waals surface area contributed by atoms with Crippen LogP contribution in [0.25, 0.3) is 11.0 Å². The number of pyridine rings is 1. The Hall–Kier alpha value is -2.57. The number of hydrogen-bond acceptors (Lipinski definition) is 2. The Morgan fingerprint density at radius 1 is 1.21 bits per heavy atom. The molecular weight excluding hydrogens is 302 g/mol. The van der Waals surface area contributed by atoms with Crippen molar-refractivity contribution in [1.29, 1.82) is 0 Å². The molecule has 0 radical (unpaired) electrons. The van der Waals surface area contributed by atoms with Crippen molar-refractivity contribution in [2.45, 2.75) is 34.1 Å². The molecule has 0 fully saturated rings. The molecule has 0 aliphatic rings. The van der Waals surface area contributed by atoms with Crippen molar-refractivity contribution >= 4 is 23.0 Å². The zero-order valence-electron chi connectivity index (χ0n) is 15.7. The van der Waals surface area contributed by atoms with Gasteiger partial charge in [0.05, 0.1) is 0 Å². The van der Waals surface area contributed by atoms with Gasteiger partial charge in [-0.1, -0.05) is 27.7 Å². The molecule has 2 aromatic rings. The van der Waals surface area contributed by atoms with Crippen LogP contribution in [0.5, 0.6) is 0 Å². The Bertz CT molecular complexity index is 641. The summed E-state index contributed by atoms with van der Waals surface area (Å²) in [6.45, 7) is 8.55. The highest BCUT2D eigenvalue weighted by atomic mass is 15.2. The molecule has 134 valence electrons. The van der Waals surface area contributed by atoms with Crippen LogP contribution in [0, 0.1) is 0 Å². The minimum Gasteiger partial charge on any atom is -0.369 e. The first-order chi connectivity index (χ1) is 11.6. The number of hydrogen-bond donors (Lipinski definition) is 3. The summed E-state index contributed by atoms with van der Waals surface area (Å²) in [7, 11) is 3.59. The van der Waals surface area contributed by atoms with E-state index in [1.807, 2.05) is 46.0 Å². The van der Waals surface area contributed by atoms with Crippen molar-refractivity contribution in [2.75, 3.05) is 20.6 Å². The van der Waals surface area contributed by atoms with Gasteiger partial charge in [0, 0.05) is 38.4 Å². The Morgan fingerprint density at radius 3 is 2.50 bits per heavy atom. The first-order valence-corrected chi connectivity index (χ1v) is 8.30. The molecule has 5 N–H and O–H groups in total. The molecule has 0 saturated heterocycles. The molecular formula is C17H31N7. The minimum absolute atomic E-state index is 0.189. The molecule has 0 unspecified atom stereocenters. The first kappa shape index (κ1) is 21.4. The number of nitrogens with zero attached hydrogens (tertiary/aromatic N) is 4. The molecule has 0 aliphatic heterocycles. The molecule has 7 heteroatoms. The molecule has 2 aromatic heterocycles. The van der Waals surface area contributed by atoms with Crippen LogP contribution in [0.15, 0.2) is 34.5 Å². The number of rotatable bonds is 3. The summed E-state index contributed by atoms with van der Waals surface area (Å²) in [6.07, 6.45) is 4.47. The topological polar surface area (TPSA) is 109 Å². The lowest BCUT2D eigenvalue weighted by Gasteiger charge is -2.09. The summed E-state index contributed by atoms with van der Waals surface area (Å²) < 4.78 is 0. The van der Waals surface area contributed by atoms with Gasteiger partial charge in [0.25, 0.3) is 0 Å². The summed E-state index contributed by atoms with van der Waals surface area (Å²) in [5, 5.41) is 1.11. The SMILES string of the molecule is CC.CC.CN(C)/C(N)=N/C(N)=NCCc1c[nH]c2ncccc12. The second kappa shape index (κ2) is 11.9. The minimum atomic E-state index is 0.189. The molecule has 0 aliphatic carbocycles. The highest BCUT2D eigenvalue weighted by Gasteiger charge is 2.03. The van der Waals surface area contributed by atoms with E-state index in [0.717, 1.165) is 23.0 Å². The summed E-state index contributed by atoms with van der Waals surface area (Å²) in [5.41, 5.74) is 13.4. The van der Waals surface area contributed by atoms with E-state index < -0.39 is 0 Å². The van der Waals surface area contributed by atoms with Crippen molar-refractivity contribution in [3.8, 4) is 0 Å². The van der Waals surface area contributed by atoms with Gasteiger partial charge in [0.1, 0.15) is 5.65 Å². The van der Waals surface area contributed by atoms with Crippen LogP contribution in [0.4, 0.5) is 0 Å². The molecule has 0 bridgehead atoms. The Kier molecular flexibility index (Phi) is 10.6. The van der Waals surface area contributed by atoms with Gasteiger partial charge in [-0.05, 0) is 24.1 Å². The quantitative estimate of drug-likeness (QED) is 0.591. The third-order valence-electron chi connectivity index (χ3n) is 2.88. The number of fused-ring (bicyclic) bond motifs is 1. The number of H-pyrrole nitrogens is 1. The van der Waals surface area contributed by atoms with Crippen LogP contribution >= 0.6 is 0 Å². The highest BCUT2D eigenvalue weighted by Crippen LogP contribution is 2.15. The van der Waals surface area contributed by atoms with Gasteiger partial charge in [0.2, 0.25) is 5.96 Å². The molecule has 2 rings (SSSR count). The van der Waals surface area contributed by atoms with E-state index in [-0.39, 0.29) is 5.96 Å². The third kappa shape index (κ3) is 6.68. The summed E-state index contributed by atoms with van der Waals surface area (Å²) in [4.78, 5) is 17.2. The number of nitrogens with two attached hydrogens (primary N) is 2. The monoisotopic (exact) mass is 333 g/mol. The van der Waals surface area contributed by atoms with E-state index in [1.165, 1.54) is 0 Å². The second-order valence-corrected chi connectivity index (χ2v) is 4.57. The predicted octanol–water partition coefficient (Wildman–Crippen LogP) is 2.35. The van der Waals surface area contributed by atoms with E-state index in [0.29, 0.717) is 12.5 Å². The molecule has 24 heavy (non-hydrogen) atoms. The molecule has 7 nitrogen and oxygen atoms in total. The van der Waals surface area contributed by atoms with Crippen LogP contribution in [0.2, 0.25) is 0 Å². The van der Waals surface area contributed by atoms with Crippen molar-refractivity contribution < 1.29 is 0 Å². The van der Waals surface area contributed by atoms with Crippen LogP contribution in [0.3, 0.4) is 0 Å².